The van der Waals surface area contributed by atoms with Crippen LogP contribution in [0.2, 0.25) is 0 Å². The molecule has 4 nitrogen and oxygen atoms in total. The molecule has 0 saturated carbocycles. The lowest BCUT2D eigenvalue weighted by Crippen LogP contribution is -2.18. The van der Waals surface area contributed by atoms with Crippen molar-refractivity contribution in [2.24, 2.45) is 5.10 Å². The van der Waals surface area contributed by atoms with Crippen LogP contribution in [0.15, 0.2) is 58.1 Å². The molecular weight excluding hydrogens is 332 g/mol. The minimum atomic E-state index is -0.313. The van der Waals surface area contributed by atoms with Gasteiger partial charge in [-0.2, -0.15) is 5.10 Å². The summed E-state index contributed by atoms with van der Waals surface area (Å²) in [5.74, 6) is 0.222. The zero-order chi connectivity index (χ0) is 15.1. The Bertz CT molecular complexity index is 642. The van der Waals surface area contributed by atoms with Crippen LogP contribution in [-0.2, 0) is 0 Å². The number of hydrogen-bond acceptors (Lipinski definition) is 3. The minimum absolute atomic E-state index is 0.313. The van der Waals surface area contributed by atoms with E-state index in [2.05, 4.69) is 26.5 Å². The summed E-state index contributed by atoms with van der Waals surface area (Å²) in [6.07, 6.45) is 1.59. The number of nitrogens with one attached hydrogen (secondary N) is 1. The second-order valence-corrected chi connectivity index (χ2v) is 5.10. The number of benzene rings is 2. The number of rotatable bonds is 5. The van der Waals surface area contributed by atoms with Crippen molar-refractivity contribution in [1.82, 2.24) is 5.43 Å². The number of hydrazone groups is 1. The fourth-order valence-electron chi connectivity index (χ4n) is 1.73. The van der Waals surface area contributed by atoms with Crippen LogP contribution in [0, 0.1) is 0 Å². The Morgan fingerprint density at radius 2 is 2.05 bits per heavy atom. The minimum Gasteiger partial charge on any atom is -0.493 e. The summed E-state index contributed by atoms with van der Waals surface area (Å²) in [5.41, 5.74) is 3.86. The molecule has 0 unspecified atom stereocenters. The first-order valence-corrected chi connectivity index (χ1v) is 7.31. The van der Waals surface area contributed by atoms with Crippen molar-refractivity contribution in [3.8, 4) is 5.75 Å². The summed E-state index contributed by atoms with van der Waals surface area (Å²) in [4.78, 5) is 12.2. The largest absolute Gasteiger partial charge is 0.493 e. The molecule has 1 N–H and O–H groups in total. The molecule has 2 aromatic carbocycles. The molecule has 0 radical (unpaired) electrons. The molecule has 1 amide bonds. The number of carbonyl (C=O) groups is 1. The molecule has 0 bridgehead atoms. The highest BCUT2D eigenvalue weighted by atomic mass is 79.9. The van der Waals surface area contributed by atoms with Crippen molar-refractivity contribution in [3.63, 3.8) is 0 Å². The lowest BCUT2D eigenvalue weighted by molar-refractivity contribution is 0.0951. The molecule has 0 aliphatic rings. The predicted octanol–water partition coefficient (Wildman–Crippen LogP) is 3.61. The molecule has 2 rings (SSSR count). The van der Waals surface area contributed by atoms with E-state index >= 15 is 0 Å². The number of hydrogen-bond donors (Lipinski definition) is 1. The first kappa shape index (κ1) is 15.3. The quantitative estimate of drug-likeness (QED) is 0.664. The lowest BCUT2D eigenvalue weighted by atomic mass is 10.2. The van der Waals surface area contributed by atoms with Gasteiger partial charge in [-0.05, 0) is 30.7 Å². The van der Waals surface area contributed by atoms with Gasteiger partial charge in [0.1, 0.15) is 5.75 Å². The van der Waals surface area contributed by atoms with E-state index in [1.165, 1.54) is 0 Å². The Morgan fingerprint density at radius 1 is 1.29 bits per heavy atom. The van der Waals surface area contributed by atoms with Crippen molar-refractivity contribution in [1.29, 1.82) is 0 Å². The van der Waals surface area contributed by atoms with Gasteiger partial charge in [-0.1, -0.05) is 46.3 Å². The van der Waals surface area contributed by atoms with E-state index in [0.717, 1.165) is 10.0 Å². The average Bonchev–Trinajstić information content (AvgIpc) is 2.50. The van der Waals surface area contributed by atoms with Crippen molar-refractivity contribution in [3.05, 3.63) is 64.1 Å². The highest BCUT2D eigenvalue weighted by molar-refractivity contribution is 9.10. The number of halogens is 1. The standard InChI is InChI=1S/C16H15BrN2O2/c1-2-21-15-9-8-13(17)10-14(15)16(20)19-18-11-12-6-4-3-5-7-12/h3-11H,2H2,1H3,(H,19,20). The van der Waals surface area contributed by atoms with Gasteiger partial charge in [0.2, 0.25) is 0 Å². The summed E-state index contributed by atoms with van der Waals surface area (Å²) in [7, 11) is 0. The summed E-state index contributed by atoms with van der Waals surface area (Å²) in [5, 5.41) is 3.95. The highest BCUT2D eigenvalue weighted by Crippen LogP contribution is 2.23. The van der Waals surface area contributed by atoms with E-state index in [1.807, 2.05) is 43.3 Å². The Balaban J connectivity index is 2.09. The molecule has 21 heavy (non-hydrogen) atoms. The van der Waals surface area contributed by atoms with Crippen LogP contribution in [0.5, 0.6) is 5.75 Å². The summed E-state index contributed by atoms with van der Waals surface area (Å²) >= 11 is 3.35. The van der Waals surface area contributed by atoms with E-state index in [0.29, 0.717) is 17.9 Å². The smallest absolute Gasteiger partial charge is 0.275 e. The molecule has 0 saturated heterocycles. The van der Waals surface area contributed by atoms with Crippen LogP contribution in [-0.4, -0.2) is 18.7 Å². The van der Waals surface area contributed by atoms with Crippen molar-refractivity contribution in [2.75, 3.05) is 6.61 Å². The first-order valence-electron chi connectivity index (χ1n) is 6.51. The van der Waals surface area contributed by atoms with Gasteiger partial charge in [0.05, 0.1) is 18.4 Å². The lowest BCUT2D eigenvalue weighted by Gasteiger charge is -2.09. The van der Waals surface area contributed by atoms with Gasteiger partial charge in [-0.3, -0.25) is 4.79 Å². The predicted molar refractivity (Wildman–Crippen MR) is 86.8 cm³/mol. The third-order valence-electron chi connectivity index (χ3n) is 2.67. The fourth-order valence-corrected chi connectivity index (χ4v) is 2.09. The molecular formula is C16H15BrN2O2. The van der Waals surface area contributed by atoms with E-state index in [1.54, 1.807) is 18.3 Å². The fraction of sp³-hybridized carbons (Fsp3) is 0.125. The molecule has 108 valence electrons. The average molecular weight is 347 g/mol. The van der Waals surface area contributed by atoms with Crippen molar-refractivity contribution in [2.45, 2.75) is 6.92 Å². The Morgan fingerprint density at radius 3 is 2.76 bits per heavy atom. The summed E-state index contributed by atoms with van der Waals surface area (Å²) in [6, 6.07) is 14.8. The monoisotopic (exact) mass is 346 g/mol. The van der Waals surface area contributed by atoms with Crippen LogP contribution in [0.25, 0.3) is 0 Å². The van der Waals surface area contributed by atoms with Crippen molar-refractivity contribution >= 4 is 28.1 Å². The van der Waals surface area contributed by atoms with E-state index < -0.39 is 0 Å². The SMILES string of the molecule is CCOc1ccc(Br)cc1C(=O)NN=Cc1ccccc1. The molecule has 0 heterocycles. The van der Waals surface area contributed by atoms with Gasteiger partial charge < -0.3 is 4.74 Å². The van der Waals surface area contributed by atoms with E-state index in [-0.39, 0.29) is 5.91 Å². The molecule has 0 aromatic heterocycles. The van der Waals surface area contributed by atoms with Gasteiger partial charge in [0, 0.05) is 4.47 Å². The number of ether oxygens (including phenoxy) is 1. The Kier molecular flexibility index (Phi) is 5.51. The zero-order valence-corrected chi connectivity index (χ0v) is 13.1. The maximum atomic E-state index is 12.2. The van der Waals surface area contributed by atoms with Crippen LogP contribution in [0.4, 0.5) is 0 Å². The normalized spacial score (nSPS) is 10.6. The molecule has 5 heteroatoms. The van der Waals surface area contributed by atoms with E-state index in [9.17, 15) is 4.79 Å². The van der Waals surface area contributed by atoms with Crippen molar-refractivity contribution < 1.29 is 9.53 Å². The molecule has 0 fully saturated rings. The number of carbonyl (C=O) groups excluding carboxylic acids is 1. The number of amides is 1. The van der Waals surface area contributed by atoms with E-state index in [4.69, 9.17) is 4.74 Å². The van der Waals surface area contributed by atoms with Gasteiger partial charge in [-0.25, -0.2) is 5.43 Å². The van der Waals surface area contributed by atoms with Crippen LogP contribution < -0.4 is 10.2 Å². The first-order chi connectivity index (χ1) is 10.2. The second-order valence-electron chi connectivity index (χ2n) is 4.18. The van der Waals surface area contributed by atoms with Crippen LogP contribution in [0.1, 0.15) is 22.8 Å². The van der Waals surface area contributed by atoms with Gasteiger partial charge in [-0.15, -0.1) is 0 Å². The summed E-state index contributed by atoms with van der Waals surface area (Å²) < 4.78 is 6.25. The Hall–Kier alpha value is -2.14. The van der Waals surface area contributed by atoms with Crippen LogP contribution in [0.3, 0.4) is 0 Å². The molecule has 0 spiro atoms. The second kappa shape index (κ2) is 7.59. The number of nitrogens with zero attached hydrogens (tertiary/aromatic N) is 1. The van der Waals surface area contributed by atoms with Gasteiger partial charge in [0.25, 0.3) is 5.91 Å². The topological polar surface area (TPSA) is 50.7 Å². The van der Waals surface area contributed by atoms with Gasteiger partial charge >= 0.3 is 0 Å². The summed E-state index contributed by atoms with van der Waals surface area (Å²) in [6.45, 7) is 2.37. The van der Waals surface area contributed by atoms with Gasteiger partial charge in [0.15, 0.2) is 0 Å². The molecule has 0 aliphatic heterocycles. The molecule has 0 aliphatic carbocycles. The maximum Gasteiger partial charge on any atom is 0.275 e. The molecule has 0 atom stereocenters. The highest BCUT2D eigenvalue weighted by Gasteiger charge is 2.12. The Labute approximate surface area is 132 Å². The zero-order valence-electron chi connectivity index (χ0n) is 11.5. The third kappa shape index (κ3) is 4.43. The van der Waals surface area contributed by atoms with Crippen LogP contribution >= 0.6 is 15.9 Å². The molecule has 2 aromatic rings. The third-order valence-corrected chi connectivity index (χ3v) is 3.16. The maximum absolute atomic E-state index is 12.2.